The fraction of sp³-hybridized carbons (Fsp3) is 0.375. The van der Waals surface area contributed by atoms with E-state index in [1.807, 2.05) is 24.3 Å². The number of nitrogens with one attached hydrogen (secondary N) is 1. The van der Waals surface area contributed by atoms with Gasteiger partial charge in [0.25, 0.3) is 0 Å². The predicted molar refractivity (Wildman–Crippen MR) is 118 cm³/mol. The lowest BCUT2D eigenvalue weighted by Crippen LogP contribution is -2.39. The van der Waals surface area contributed by atoms with Gasteiger partial charge in [-0.3, -0.25) is 9.69 Å². The fourth-order valence-corrected chi connectivity index (χ4v) is 3.50. The maximum atomic E-state index is 12.7. The lowest BCUT2D eigenvalue weighted by molar-refractivity contribution is -0.137. The zero-order chi connectivity index (χ0) is 23.0. The Morgan fingerprint density at radius 3 is 2.59 bits per heavy atom. The van der Waals surface area contributed by atoms with Gasteiger partial charge in [0.15, 0.2) is 0 Å². The third-order valence-corrected chi connectivity index (χ3v) is 5.19. The number of carbonyl (C=O) groups excluding carboxylic acids is 1. The van der Waals surface area contributed by atoms with Gasteiger partial charge in [0.05, 0.1) is 25.8 Å². The van der Waals surface area contributed by atoms with E-state index in [1.165, 1.54) is 12.1 Å². The third kappa shape index (κ3) is 6.92. The SMILES string of the molecule is COc1ccc(N2CCCN(CC(=O)NCC#Cc3cccc(C(F)(F)F)c3)CC2)cc1. The molecule has 0 radical (unpaired) electrons. The van der Waals surface area contributed by atoms with Crippen LogP contribution in [0.2, 0.25) is 0 Å². The van der Waals surface area contributed by atoms with Gasteiger partial charge in [0.1, 0.15) is 5.75 Å². The molecule has 0 saturated carbocycles. The molecule has 1 heterocycles. The first-order valence-electron chi connectivity index (χ1n) is 10.4. The van der Waals surface area contributed by atoms with Crippen molar-refractivity contribution in [2.24, 2.45) is 0 Å². The molecule has 32 heavy (non-hydrogen) atoms. The summed E-state index contributed by atoms with van der Waals surface area (Å²) in [5, 5.41) is 2.72. The fourth-order valence-electron chi connectivity index (χ4n) is 3.50. The van der Waals surface area contributed by atoms with Crippen LogP contribution in [0.1, 0.15) is 17.5 Å². The van der Waals surface area contributed by atoms with E-state index >= 15 is 0 Å². The van der Waals surface area contributed by atoms with Crippen LogP contribution in [0.25, 0.3) is 0 Å². The molecule has 1 saturated heterocycles. The van der Waals surface area contributed by atoms with Crippen LogP contribution < -0.4 is 15.0 Å². The summed E-state index contributed by atoms with van der Waals surface area (Å²) in [6.45, 7) is 3.65. The number of benzene rings is 2. The quantitative estimate of drug-likeness (QED) is 0.717. The van der Waals surface area contributed by atoms with E-state index in [1.54, 1.807) is 7.11 Å². The highest BCUT2D eigenvalue weighted by Crippen LogP contribution is 2.29. The van der Waals surface area contributed by atoms with E-state index in [0.717, 1.165) is 56.2 Å². The van der Waals surface area contributed by atoms with Crippen molar-refractivity contribution in [2.75, 3.05) is 51.3 Å². The van der Waals surface area contributed by atoms with Gasteiger partial charge in [-0.25, -0.2) is 0 Å². The first-order valence-corrected chi connectivity index (χ1v) is 10.4. The lowest BCUT2D eigenvalue weighted by atomic mass is 10.1. The molecule has 0 aliphatic carbocycles. The van der Waals surface area contributed by atoms with Crippen molar-refractivity contribution in [1.82, 2.24) is 10.2 Å². The first kappa shape index (κ1) is 23.5. The van der Waals surface area contributed by atoms with Gasteiger partial charge in [0.2, 0.25) is 5.91 Å². The molecule has 0 bridgehead atoms. The Kier molecular flexibility index (Phi) is 8.01. The van der Waals surface area contributed by atoms with E-state index in [2.05, 4.69) is 27.0 Å². The number of amides is 1. The monoisotopic (exact) mass is 445 g/mol. The minimum absolute atomic E-state index is 0.0842. The van der Waals surface area contributed by atoms with E-state index < -0.39 is 11.7 Å². The molecule has 1 aliphatic rings. The third-order valence-electron chi connectivity index (χ3n) is 5.19. The minimum atomic E-state index is -4.40. The van der Waals surface area contributed by atoms with Crippen molar-refractivity contribution in [2.45, 2.75) is 12.6 Å². The Hall–Kier alpha value is -3.18. The van der Waals surface area contributed by atoms with Crippen LogP contribution in [-0.2, 0) is 11.0 Å². The summed E-state index contributed by atoms with van der Waals surface area (Å²) in [7, 11) is 1.64. The molecule has 2 aromatic rings. The standard InChI is InChI=1S/C24H26F3N3O2/c1-32-22-10-8-21(9-11-22)30-14-4-13-29(15-16-30)18-23(31)28-12-3-6-19-5-2-7-20(17-19)24(25,26)27/h2,5,7-11,17H,4,12-16,18H2,1H3,(H,28,31). The smallest absolute Gasteiger partial charge is 0.416 e. The molecular formula is C24H26F3N3O2. The molecule has 8 heteroatoms. The number of alkyl halides is 3. The van der Waals surface area contributed by atoms with Gasteiger partial charge in [-0.1, -0.05) is 17.9 Å². The molecule has 1 amide bonds. The zero-order valence-electron chi connectivity index (χ0n) is 17.9. The Morgan fingerprint density at radius 2 is 1.88 bits per heavy atom. The largest absolute Gasteiger partial charge is 0.497 e. The molecular weight excluding hydrogens is 419 g/mol. The van der Waals surface area contributed by atoms with Crippen molar-refractivity contribution in [1.29, 1.82) is 0 Å². The van der Waals surface area contributed by atoms with Gasteiger partial charge in [-0.15, -0.1) is 0 Å². The second kappa shape index (κ2) is 10.9. The van der Waals surface area contributed by atoms with Crippen LogP contribution in [-0.4, -0.2) is 57.2 Å². The van der Waals surface area contributed by atoms with Crippen molar-refractivity contribution in [3.05, 3.63) is 59.7 Å². The molecule has 1 N–H and O–H groups in total. The molecule has 0 aromatic heterocycles. The first-order chi connectivity index (χ1) is 15.3. The van der Waals surface area contributed by atoms with Gasteiger partial charge in [-0.05, 0) is 48.9 Å². The maximum Gasteiger partial charge on any atom is 0.416 e. The average Bonchev–Trinajstić information content (AvgIpc) is 3.02. The number of hydrogen-bond acceptors (Lipinski definition) is 4. The van der Waals surface area contributed by atoms with Crippen molar-refractivity contribution >= 4 is 11.6 Å². The van der Waals surface area contributed by atoms with Gasteiger partial charge in [-0.2, -0.15) is 13.2 Å². The normalized spacial score (nSPS) is 14.8. The molecule has 0 atom stereocenters. The zero-order valence-corrected chi connectivity index (χ0v) is 17.9. The molecule has 1 aliphatic heterocycles. The summed E-state index contributed by atoms with van der Waals surface area (Å²) >= 11 is 0. The van der Waals surface area contributed by atoms with Crippen LogP contribution >= 0.6 is 0 Å². The van der Waals surface area contributed by atoms with Crippen LogP contribution in [0.3, 0.4) is 0 Å². The van der Waals surface area contributed by atoms with Crippen LogP contribution in [0.5, 0.6) is 5.75 Å². The molecule has 170 valence electrons. The predicted octanol–water partition coefficient (Wildman–Crippen LogP) is 3.39. The average molecular weight is 445 g/mol. The minimum Gasteiger partial charge on any atom is -0.497 e. The van der Waals surface area contributed by atoms with Gasteiger partial charge < -0.3 is 15.0 Å². The molecule has 2 aromatic carbocycles. The highest BCUT2D eigenvalue weighted by Gasteiger charge is 2.30. The number of ether oxygens (including phenoxy) is 1. The number of nitrogens with zero attached hydrogens (tertiary/aromatic N) is 2. The van der Waals surface area contributed by atoms with E-state index in [-0.39, 0.29) is 24.6 Å². The molecule has 0 spiro atoms. The summed E-state index contributed by atoms with van der Waals surface area (Å²) in [5.41, 5.74) is 0.653. The Labute approximate surface area is 186 Å². The van der Waals surface area contributed by atoms with Crippen molar-refractivity contribution in [3.8, 4) is 17.6 Å². The van der Waals surface area contributed by atoms with E-state index in [0.29, 0.717) is 0 Å². The summed E-state index contributed by atoms with van der Waals surface area (Å²) < 4.78 is 43.4. The molecule has 0 unspecified atom stereocenters. The lowest BCUT2D eigenvalue weighted by Gasteiger charge is -2.23. The number of rotatable bonds is 5. The topological polar surface area (TPSA) is 44.8 Å². The summed E-state index contributed by atoms with van der Waals surface area (Å²) in [6.07, 6.45) is -3.46. The second-order valence-electron chi connectivity index (χ2n) is 7.47. The summed E-state index contributed by atoms with van der Waals surface area (Å²) in [6, 6.07) is 12.8. The highest BCUT2D eigenvalue weighted by atomic mass is 19.4. The highest BCUT2D eigenvalue weighted by molar-refractivity contribution is 5.78. The van der Waals surface area contributed by atoms with Gasteiger partial charge >= 0.3 is 6.18 Å². The maximum absolute atomic E-state index is 12.7. The van der Waals surface area contributed by atoms with Crippen LogP contribution in [0.4, 0.5) is 18.9 Å². The van der Waals surface area contributed by atoms with Gasteiger partial charge in [0, 0.05) is 37.4 Å². The summed E-state index contributed by atoms with van der Waals surface area (Å²) in [5.74, 6) is 6.04. The van der Waals surface area contributed by atoms with Crippen LogP contribution in [0.15, 0.2) is 48.5 Å². The number of carbonyl (C=O) groups is 1. The second-order valence-corrected chi connectivity index (χ2v) is 7.47. The molecule has 1 fully saturated rings. The number of hydrogen-bond donors (Lipinski definition) is 1. The van der Waals surface area contributed by atoms with Crippen molar-refractivity contribution < 1.29 is 22.7 Å². The molecule has 5 nitrogen and oxygen atoms in total. The Bertz CT molecular complexity index is 965. The van der Waals surface area contributed by atoms with Crippen LogP contribution in [0, 0.1) is 11.8 Å². The van der Waals surface area contributed by atoms with E-state index in [4.69, 9.17) is 4.74 Å². The number of anilines is 1. The molecule has 3 rings (SSSR count). The number of methoxy groups -OCH3 is 1. The summed E-state index contributed by atoms with van der Waals surface area (Å²) in [4.78, 5) is 16.6. The Balaban J connectivity index is 1.44. The van der Waals surface area contributed by atoms with E-state index in [9.17, 15) is 18.0 Å². The number of halogens is 3. The van der Waals surface area contributed by atoms with Crippen molar-refractivity contribution in [3.63, 3.8) is 0 Å². The Morgan fingerprint density at radius 1 is 1.09 bits per heavy atom.